The monoisotopic (exact) mass is 329 g/mol. The molecule has 1 aromatic carbocycles. The van der Waals surface area contributed by atoms with Gasteiger partial charge in [0, 0.05) is 25.3 Å². The molecule has 2 heterocycles. The molecule has 1 aliphatic heterocycles. The number of hydrogen-bond donors (Lipinski definition) is 0. The summed E-state index contributed by atoms with van der Waals surface area (Å²) in [6.45, 7) is 8.80. The first-order chi connectivity index (χ1) is 11.6. The molecule has 0 saturated carbocycles. The maximum atomic E-state index is 5.94. The number of rotatable bonds is 6. The summed E-state index contributed by atoms with van der Waals surface area (Å²) in [7, 11) is 1.70. The summed E-state index contributed by atoms with van der Waals surface area (Å²) in [5.74, 6) is 0.912. The van der Waals surface area contributed by atoms with E-state index in [1.165, 1.54) is 11.3 Å². The van der Waals surface area contributed by atoms with Gasteiger partial charge in [-0.3, -0.25) is 9.58 Å². The van der Waals surface area contributed by atoms with Crippen molar-refractivity contribution >= 4 is 0 Å². The molecule has 5 nitrogen and oxygen atoms in total. The normalized spacial score (nSPS) is 18.7. The van der Waals surface area contributed by atoms with Crippen molar-refractivity contribution in [3.63, 3.8) is 0 Å². The van der Waals surface area contributed by atoms with E-state index in [0.29, 0.717) is 0 Å². The smallest absolute Gasteiger partial charge is 0.118 e. The molecule has 0 radical (unpaired) electrons. The zero-order valence-electron chi connectivity index (χ0n) is 14.9. The minimum absolute atomic E-state index is 0.215. The van der Waals surface area contributed by atoms with Crippen molar-refractivity contribution in [1.29, 1.82) is 0 Å². The maximum absolute atomic E-state index is 5.94. The van der Waals surface area contributed by atoms with E-state index in [4.69, 9.17) is 9.47 Å². The fourth-order valence-electron chi connectivity index (χ4n) is 3.23. The maximum Gasteiger partial charge on any atom is 0.118 e. The predicted octanol–water partition coefficient (Wildman–Crippen LogP) is 2.45. The zero-order chi connectivity index (χ0) is 16.9. The average molecular weight is 329 g/mol. The van der Waals surface area contributed by atoms with Gasteiger partial charge in [-0.1, -0.05) is 12.1 Å². The van der Waals surface area contributed by atoms with Gasteiger partial charge in [0.05, 0.1) is 32.1 Å². The summed E-state index contributed by atoms with van der Waals surface area (Å²) >= 11 is 0. The van der Waals surface area contributed by atoms with Gasteiger partial charge in [0.1, 0.15) is 5.75 Å². The molecule has 0 bridgehead atoms. The number of benzene rings is 1. The molecule has 1 saturated heterocycles. The van der Waals surface area contributed by atoms with Crippen LogP contribution in [0.2, 0.25) is 0 Å². The number of methoxy groups -OCH3 is 1. The number of morpholine rings is 1. The van der Waals surface area contributed by atoms with E-state index in [0.717, 1.165) is 50.7 Å². The van der Waals surface area contributed by atoms with E-state index in [1.807, 2.05) is 19.1 Å². The Hall–Kier alpha value is -1.85. The molecular formula is C19H27N3O2. The van der Waals surface area contributed by atoms with Crippen LogP contribution >= 0.6 is 0 Å². The van der Waals surface area contributed by atoms with Crippen molar-refractivity contribution < 1.29 is 9.47 Å². The molecular weight excluding hydrogens is 302 g/mol. The van der Waals surface area contributed by atoms with Gasteiger partial charge in [0.25, 0.3) is 0 Å². The second kappa shape index (κ2) is 7.81. The predicted molar refractivity (Wildman–Crippen MR) is 94.6 cm³/mol. The van der Waals surface area contributed by atoms with Crippen molar-refractivity contribution in [2.45, 2.75) is 32.9 Å². The molecule has 5 heteroatoms. The van der Waals surface area contributed by atoms with Crippen LogP contribution in [0.5, 0.6) is 5.75 Å². The second-order valence-electron chi connectivity index (χ2n) is 6.50. The summed E-state index contributed by atoms with van der Waals surface area (Å²) < 4.78 is 13.2. The molecule has 1 aliphatic rings. The van der Waals surface area contributed by atoms with Crippen molar-refractivity contribution in [3.05, 3.63) is 47.3 Å². The number of nitrogens with zero attached hydrogens (tertiary/aromatic N) is 3. The lowest BCUT2D eigenvalue weighted by Gasteiger charge is -2.33. The SMILES string of the molecule is COc1ccc(CCN2CCOC(Cn3nc(C)cc3C)C2)cc1. The first kappa shape index (κ1) is 17.0. The Kier molecular flexibility index (Phi) is 5.53. The molecule has 1 aromatic heterocycles. The van der Waals surface area contributed by atoms with E-state index in [-0.39, 0.29) is 6.10 Å². The lowest BCUT2D eigenvalue weighted by atomic mass is 10.1. The third kappa shape index (κ3) is 4.36. The highest BCUT2D eigenvalue weighted by atomic mass is 16.5. The van der Waals surface area contributed by atoms with Crippen LogP contribution in [0.3, 0.4) is 0 Å². The van der Waals surface area contributed by atoms with E-state index >= 15 is 0 Å². The molecule has 2 aromatic rings. The summed E-state index contributed by atoms with van der Waals surface area (Å²) in [6, 6.07) is 10.5. The van der Waals surface area contributed by atoms with Gasteiger partial charge in [-0.2, -0.15) is 5.10 Å². The van der Waals surface area contributed by atoms with Crippen LogP contribution in [0.4, 0.5) is 0 Å². The van der Waals surface area contributed by atoms with Crippen LogP contribution in [0, 0.1) is 13.8 Å². The Balaban J connectivity index is 1.50. The number of aromatic nitrogens is 2. The van der Waals surface area contributed by atoms with Gasteiger partial charge in [0.15, 0.2) is 0 Å². The fourth-order valence-corrected chi connectivity index (χ4v) is 3.23. The molecule has 130 valence electrons. The molecule has 1 atom stereocenters. The van der Waals surface area contributed by atoms with Crippen LogP contribution in [-0.2, 0) is 17.7 Å². The van der Waals surface area contributed by atoms with Crippen LogP contribution in [0.25, 0.3) is 0 Å². The minimum Gasteiger partial charge on any atom is -0.497 e. The van der Waals surface area contributed by atoms with E-state index in [1.54, 1.807) is 7.11 Å². The molecule has 24 heavy (non-hydrogen) atoms. The van der Waals surface area contributed by atoms with Crippen LogP contribution < -0.4 is 4.74 Å². The highest BCUT2D eigenvalue weighted by Crippen LogP contribution is 2.14. The average Bonchev–Trinajstić information content (AvgIpc) is 2.91. The summed E-state index contributed by atoms with van der Waals surface area (Å²) in [5, 5.41) is 4.55. The van der Waals surface area contributed by atoms with Gasteiger partial charge in [-0.25, -0.2) is 0 Å². The molecule has 0 aliphatic carbocycles. The molecule has 0 N–H and O–H groups in total. The van der Waals surface area contributed by atoms with Crippen molar-refractivity contribution in [1.82, 2.24) is 14.7 Å². The van der Waals surface area contributed by atoms with E-state index < -0.39 is 0 Å². The largest absolute Gasteiger partial charge is 0.497 e. The Morgan fingerprint density at radius 1 is 1.25 bits per heavy atom. The number of hydrogen-bond acceptors (Lipinski definition) is 4. The molecule has 0 spiro atoms. The van der Waals surface area contributed by atoms with Gasteiger partial charge >= 0.3 is 0 Å². The van der Waals surface area contributed by atoms with Crippen molar-refractivity contribution in [2.24, 2.45) is 0 Å². The molecule has 3 rings (SSSR count). The van der Waals surface area contributed by atoms with Crippen LogP contribution in [-0.4, -0.2) is 54.1 Å². The van der Waals surface area contributed by atoms with Crippen LogP contribution in [0.1, 0.15) is 17.0 Å². The molecule has 0 amide bonds. The molecule has 1 fully saturated rings. The Morgan fingerprint density at radius 3 is 2.71 bits per heavy atom. The minimum atomic E-state index is 0.215. The first-order valence-electron chi connectivity index (χ1n) is 8.62. The standard InChI is InChI=1S/C19H27N3O2/c1-15-12-16(2)22(20-15)14-19-13-21(10-11-24-19)9-8-17-4-6-18(23-3)7-5-17/h4-7,12,19H,8-11,13-14H2,1-3H3. The van der Waals surface area contributed by atoms with Gasteiger partial charge < -0.3 is 9.47 Å². The lowest BCUT2D eigenvalue weighted by Crippen LogP contribution is -2.45. The topological polar surface area (TPSA) is 39.5 Å². The van der Waals surface area contributed by atoms with E-state index in [9.17, 15) is 0 Å². The molecule has 1 unspecified atom stereocenters. The summed E-state index contributed by atoms with van der Waals surface area (Å²) in [4.78, 5) is 2.49. The van der Waals surface area contributed by atoms with Gasteiger partial charge in [0.2, 0.25) is 0 Å². The number of ether oxygens (including phenoxy) is 2. The Morgan fingerprint density at radius 2 is 2.04 bits per heavy atom. The highest BCUT2D eigenvalue weighted by molar-refractivity contribution is 5.27. The third-order valence-electron chi connectivity index (χ3n) is 4.58. The van der Waals surface area contributed by atoms with Crippen molar-refractivity contribution in [2.75, 3.05) is 33.4 Å². The van der Waals surface area contributed by atoms with E-state index in [2.05, 4.69) is 39.8 Å². The number of aryl methyl sites for hydroxylation is 2. The van der Waals surface area contributed by atoms with Gasteiger partial charge in [-0.15, -0.1) is 0 Å². The Bertz CT molecular complexity index is 651. The lowest BCUT2D eigenvalue weighted by molar-refractivity contribution is -0.0373. The summed E-state index contributed by atoms with van der Waals surface area (Å²) in [5.41, 5.74) is 3.61. The van der Waals surface area contributed by atoms with Crippen molar-refractivity contribution in [3.8, 4) is 5.75 Å². The Labute approximate surface area is 144 Å². The first-order valence-corrected chi connectivity index (χ1v) is 8.62. The quantitative estimate of drug-likeness (QED) is 0.816. The van der Waals surface area contributed by atoms with Gasteiger partial charge in [-0.05, 0) is 44.0 Å². The fraction of sp³-hybridized carbons (Fsp3) is 0.526. The third-order valence-corrected chi connectivity index (χ3v) is 4.58. The highest BCUT2D eigenvalue weighted by Gasteiger charge is 2.21. The second-order valence-corrected chi connectivity index (χ2v) is 6.50. The van der Waals surface area contributed by atoms with Crippen LogP contribution in [0.15, 0.2) is 30.3 Å². The zero-order valence-corrected chi connectivity index (χ0v) is 14.9. The summed E-state index contributed by atoms with van der Waals surface area (Å²) in [6.07, 6.45) is 1.27.